The van der Waals surface area contributed by atoms with E-state index in [1.165, 1.54) is 11.9 Å². The molecule has 2 aliphatic rings. The zero-order valence-corrected chi connectivity index (χ0v) is 19.2. The van der Waals surface area contributed by atoms with Gasteiger partial charge in [-0.2, -0.15) is 0 Å². The summed E-state index contributed by atoms with van der Waals surface area (Å²) in [4.78, 5) is 28.8. The zero-order chi connectivity index (χ0) is 22.8. The molecular weight excluding hydrogens is 436 g/mol. The predicted octanol–water partition coefficient (Wildman–Crippen LogP) is 4.70. The molecule has 3 N–H and O–H groups in total. The van der Waals surface area contributed by atoms with Crippen LogP contribution in [-0.4, -0.2) is 27.7 Å². The number of aromatic nitrogens is 1. The van der Waals surface area contributed by atoms with E-state index < -0.39 is 11.6 Å². The van der Waals surface area contributed by atoms with Crippen LogP contribution in [0, 0.1) is 6.92 Å². The summed E-state index contributed by atoms with van der Waals surface area (Å²) in [6.45, 7) is 2.45. The fourth-order valence-electron chi connectivity index (χ4n) is 4.64. The Morgan fingerprint density at radius 2 is 1.97 bits per heavy atom. The Morgan fingerprint density at radius 3 is 2.76 bits per heavy atom. The quantitative estimate of drug-likeness (QED) is 0.363. The predicted molar refractivity (Wildman–Crippen MR) is 130 cm³/mol. The lowest BCUT2D eigenvalue weighted by Crippen LogP contribution is -2.56. The Hall–Kier alpha value is -3.26. The van der Waals surface area contributed by atoms with Gasteiger partial charge in [0, 0.05) is 22.3 Å². The Labute approximate surface area is 196 Å². The number of benzene rings is 2. The number of amides is 3. The molecule has 1 saturated carbocycles. The van der Waals surface area contributed by atoms with Gasteiger partial charge in [0.2, 0.25) is 0 Å². The van der Waals surface area contributed by atoms with Gasteiger partial charge in [0.25, 0.3) is 5.91 Å². The molecule has 3 aromatic rings. The standard InChI is InChI=1S/C25H26N4O3S/c1-16-14-17(20-6-2-3-7-21(20)26-16)15-32-19-11-9-18(10-12-19)29-33-22-8-4-5-13-25(22)23(30)27-24(31)28-25/h2-3,6-7,9-12,14,22,29H,4-5,8,13,15H2,1H3,(H2,27,28,30,31). The molecule has 2 fully saturated rings. The Kier molecular flexibility index (Phi) is 5.85. The van der Waals surface area contributed by atoms with Crippen molar-refractivity contribution < 1.29 is 14.3 Å². The molecule has 33 heavy (non-hydrogen) atoms. The molecule has 1 saturated heterocycles. The smallest absolute Gasteiger partial charge is 0.322 e. The van der Waals surface area contributed by atoms with E-state index in [0.29, 0.717) is 13.0 Å². The number of pyridine rings is 1. The van der Waals surface area contributed by atoms with Crippen molar-refractivity contribution in [2.24, 2.45) is 0 Å². The zero-order valence-electron chi connectivity index (χ0n) is 18.4. The van der Waals surface area contributed by atoms with Gasteiger partial charge < -0.3 is 14.8 Å². The van der Waals surface area contributed by atoms with Gasteiger partial charge >= 0.3 is 6.03 Å². The molecule has 2 atom stereocenters. The summed E-state index contributed by atoms with van der Waals surface area (Å²) in [6.07, 6.45) is 3.51. The Bertz CT molecular complexity index is 1200. The largest absolute Gasteiger partial charge is 0.489 e. The highest BCUT2D eigenvalue weighted by atomic mass is 32.2. The summed E-state index contributed by atoms with van der Waals surface area (Å²) in [7, 11) is 0. The molecule has 3 amide bonds. The molecule has 2 unspecified atom stereocenters. The number of aryl methyl sites for hydroxylation is 1. The van der Waals surface area contributed by atoms with Crippen LogP contribution in [0.25, 0.3) is 10.9 Å². The molecule has 8 heteroatoms. The monoisotopic (exact) mass is 462 g/mol. The van der Waals surface area contributed by atoms with Crippen LogP contribution >= 0.6 is 11.9 Å². The average molecular weight is 463 g/mol. The second kappa shape index (κ2) is 8.94. The number of anilines is 1. The maximum Gasteiger partial charge on any atom is 0.322 e. The van der Waals surface area contributed by atoms with Gasteiger partial charge in [0.1, 0.15) is 17.9 Å². The fraction of sp³-hybridized carbons (Fsp3) is 0.320. The van der Waals surface area contributed by atoms with E-state index in [1.54, 1.807) is 0 Å². The summed E-state index contributed by atoms with van der Waals surface area (Å²) in [5, 5.41) is 6.35. The molecule has 1 spiro atoms. The molecule has 170 valence electrons. The van der Waals surface area contributed by atoms with Crippen LogP contribution in [0.15, 0.2) is 54.6 Å². The normalized spacial score (nSPS) is 22.3. The van der Waals surface area contributed by atoms with Crippen molar-refractivity contribution >= 4 is 40.5 Å². The number of hydrogen-bond donors (Lipinski definition) is 3. The first-order chi connectivity index (χ1) is 16.0. The van der Waals surface area contributed by atoms with E-state index in [-0.39, 0.29) is 11.2 Å². The Balaban J connectivity index is 1.22. The first-order valence-corrected chi connectivity index (χ1v) is 12.0. The van der Waals surface area contributed by atoms with Gasteiger partial charge in [-0.1, -0.05) is 31.0 Å². The number of rotatable bonds is 6. The van der Waals surface area contributed by atoms with Crippen molar-refractivity contribution in [1.29, 1.82) is 0 Å². The van der Waals surface area contributed by atoms with Crippen LogP contribution in [0.4, 0.5) is 10.5 Å². The summed E-state index contributed by atoms with van der Waals surface area (Å²) in [5.41, 5.74) is 3.15. The van der Waals surface area contributed by atoms with Crippen LogP contribution in [0.5, 0.6) is 5.75 Å². The van der Waals surface area contributed by atoms with Crippen molar-refractivity contribution in [2.75, 3.05) is 4.72 Å². The van der Waals surface area contributed by atoms with Gasteiger partial charge in [-0.3, -0.25) is 15.1 Å². The van der Waals surface area contributed by atoms with E-state index in [2.05, 4.69) is 32.5 Å². The van der Waals surface area contributed by atoms with Crippen LogP contribution in [0.1, 0.15) is 36.9 Å². The number of urea groups is 1. The third-order valence-electron chi connectivity index (χ3n) is 6.30. The van der Waals surface area contributed by atoms with E-state index in [9.17, 15) is 9.59 Å². The van der Waals surface area contributed by atoms with Gasteiger partial charge in [-0.05, 0) is 68.1 Å². The van der Waals surface area contributed by atoms with E-state index >= 15 is 0 Å². The topological polar surface area (TPSA) is 92.4 Å². The van der Waals surface area contributed by atoms with Crippen molar-refractivity contribution in [1.82, 2.24) is 15.6 Å². The minimum Gasteiger partial charge on any atom is -0.489 e. The number of nitrogens with zero attached hydrogens (tertiary/aromatic N) is 1. The molecule has 7 nitrogen and oxygen atoms in total. The summed E-state index contributed by atoms with van der Waals surface area (Å²) >= 11 is 1.50. The van der Waals surface area contributed by atoms with Crippen LogP contribution < -0.4 is 20.1 Å². The second-order valence-corrected chi connectivity index (χ2v) is 9.60. The number of para-hydroxylation sites is 1. The SMILES string of the molecule is Cc1cc(COc2ccc(NSC3CCCCC34NC(=O)NC4=O)cc2)c2ccccc2n1. The minimum absolute atomic E-state index is 0.0307. The number of carbonyl (C=O) groups is 2. The van der Waals surface area contributed by atoms with Gasteiger partial charge in [0.05, 0.1) is 10.8 Å². The number of hydrogen-bond acceptors (Lipinski definition) is 6. The summed E-state index contributed by atoms with van der Waals surface area (Å²) < 4.78 is 9.40. The molecular formula is C25H26N4O3S. The van der Waals surface area contributed by atoms with Crippen molar-refractivity contribution in [2.45, 2.75) is 50.0 Å². The fourth-order valence-corrected chi connectivity index (χ4v) is 5.83. The third kappa shape index (κ3) is 4.35. The number of fused-ring (bicyclic) bond motifs is 1. The lowest BCUT2D eigenvalue weighted by molar-refractivity contribution is -0.124. The molecule has 1 aromatic heterocycles. The molecule has 1 aliphatic heterocycles. The lowest BCUT2D eigenvalue weighted by Gasteiger charge is -2.37. The number of nitrogens with one attached hydrogen (secondary N) is 3. The van der Waals surface area contributed by atoms with Crippen molar-refractivity contribution in [3.8, 4) is 5.75 Å². The third-order valence-corrected chi connectivity index (χ3v) is 7.58. The van der Waals surface area contributed by atoms with Gasteiger partial charge in [-0.25, -0.2) is 4.79 Å². The average Bonchev–Trinajstić information content (AvgIpc) is 3.10. The van der Waals surface area contributed by atoms with Gasteiger partial charge in [-0.15, -0.1) is 0 Å². The first kappa shape index (κ1) is 21.6. The molecule has 0 radical (unpaired) electrons. The van der Waals surface area contributed by atoms with Gasteiger partial charge in [0.15, 0.2) is 0 Å². The highest BCUT2D eigenvalue weighted by molar-refractivity contribution is 8.01. The van der Waals surface area contributed by atoms with Crippen molar-refractivity contribution in [3.63, 3.8) is 0 Å². The van der Waals surface area contributed by atoms with E-state index in [0.717, 1.165) is 52.9 Å². The highest BCUT2D eigenvalue weighted by Crippen LogP contribution is 2.39. The maximum absolute atomic E-state index is 12.5. The van der Waals surface area contributed by atoms with Crippen LogP contribution in [0.3, 0.4) is 0 Å². The second-order valence-electron chi connectivity index (χ2n) is 8.59. The molecule has 0 bridgehead atoms. The van der Waals surface area contributed by atoms with E-state index in [1.807, 2.05) is 49.4 Å². The summed E-state index contributed by atoms with van der Waals surface area (Å²) in [5.74, 6) is 0.565. The number of imide groups is 1. The molecule has 2 heterocycles. The molecule has 1 aliphatic carbocycles. The van der Waals surface area contributed by atoms with Crippen molar-refractivity contribution in [3.05, 3.63) is 65.9 Å². The van der Waals surface area contributed by atoms with E-state index in [4.69, 9.17) is 4.74 Å². The van der Waals surface area contributed by atoms with Crippen LogP contribution in [-0.2, 0) is 11.4 Å². The van der Waals surface area contributed by atoms with Crippen LogP contribution in [0.2, 0.25) is 0 Å². The molecule has 5 rings (SSSR count). The first-order valence-electron chi connectivity index (χ1n) is 11.2. The minimum atomic E-state index is -0.818. The molecule has 2 aromatic carbocycles. The lowest BCUT2D eigenvalue weighted by atomic mass is 9.81. The number of ether oxygens (including phenoxy) is 1. The Morgan fingerprint density at radius 1 is 1.15 bits per heavy atom. The number of carbonyl (C=O) groups excluding carboxylic acids is 2. The maximum atomic E-state index is 12.5. The summed E-state index contributed by atoms with van der Waals surface area (Å²) in [6, 6.07) is 17.5. The highest BCUT2D eigenvalue weighted by Gasteiger charge is 2.53.